The van der Waals surface area contributed by atoms with Crippen LogP contribution in [0.25, 0.3) is 0 Å². The number of phenolic OH excluding ortho intramolecular Hbond substituents is 1. The third kappa shape index (κ3) is 6.76. The second kappa shape index (κ2) is 11.9. The minimum Gasteiger partial charge on any atom is -0.502 e. The fraction of sp³-hybridized carbons (Fsp3) is 0.421. The van der Waals surface area contributed by atoms with E-state index in [1.54, 1.807) is 23.5 Å². The number of halogens is 1. The molecule has 150 valence electrons. The van der Waals surface area contributed by atoms with Crippen molar-refractivity contribution in [3.8, 4) is 17.2 Å². The van der Waals surface area contributed by atoms with Gasteiger partial charge in [-0.05, 0) is 52.9 Å². The predicted molar refractivity (Wildman–Crippen MR) is 122 cm³/mol. The molecule has 6 nitrogen and oxygen atoms in total. The number of benzene rings is 1. The number of hydrogen-bond acceptors (Lipinski definition) is 5. The van der Waals surface area contributed by atoms with Crippen LogP contribution in [0.3, 0.4) is 0 Å². The summed E-state index contributed by atoms with van der Waals surface area (Å²) in [6.07, 6.45) is 0. The predicted octanol–water partition coefficient (Wildman–Crippen LogP) is 3.95. The molecule has 2 rings (SSSR count). The second-order valence-corrected chi connectivity index (χ2v) is 6.66. The van der Waals surface area contributed by atoms with E-state index in [0.717, 1.165) is 24.6 Å². The molecule has 1 aromatic carbocycles. The Morgan fingerprint density at radius 2 is 1.89 bits per heavy atom. The Morgan fingerprint density at radius 1 is 1.22 bits per heavy atom. The maximum Gasteiger partial charge on any atom is 0.200 e. The van der Waals surface area contributed by atoms with Crippen molar-refractivity contribution < 1.29 is 14.6 Å². The first-order chi connectivity index (χ1) is 12.6. The van der Waals surface area contributed by atoms with E-state index in [1.807, 2.05) is 6.92 Å². The highest BCUT2D eigenvalue weighted by Crippen LogP contribution is 2.37. The van der Waals surface area contributed by atoms with Crippen molar-refractivity contribution in [2.75, 3.05) is 27.3 Å². The van der Waals surface area contributed by atoms with Crippen molar-refractivity contribution in [2.45, 2.75) is 26.3 Å². The van der Waals surface area contributed by atoms with Gasteiger partial charge in [0.15, 0.2) is 17.5 Å². The molecule has 0 bridgehead atoms. The maximum absolute atomic E-state index is 10.0. The Balaban J connectivity index is 0.00000364. The number of ether oxygens (including phenoxy) is 2. The van der Waals surface area contributed by atoms with Gasteiger partial charge >= 0.3 is 0 Å². The fourth-order valence-electron chi connectivity index (χ4n) is 2.47. The number of rotatable bonds is 8. The molecule has 3 N–H and O–H groups in total. The number of guanidine groups is 1. The van der Waals surface area contributed by atoms with Crippen molar-refractivity contribution in [1.82, 2.24) is 10.6 Å². The van der Waals surface area contributed by atoms with Crippen molar-refractivity contribution >= 4 is 41.3 Å². The summed E-state index contributed by atoms with van der Waals surface area (Å²) in [5.74, 6) is 1.90. The molecule has 27 heavy (non-hydrogen) atoms. The zero-order valence-corrected chi connectivity index (χ0v) is 19.3. The molecular formula is C19H28IN3O3S. The Morgan fingerprint density at radius 3 is 2.41 bits per heavy atom. The number of methoxy groups -OCH3 is 2. The highest BCUT2D eigenvalue weighted by Gasteiger charge is 2.11. The molecule has 0 amide bonds. The van der Waals surface area contributed by atoms with E-state index in [-0.39, 0.29) is 29.7 Å². The van der Waals surface area contributed by atoms with Crippen LogP contribution in [0.5, 0.6) is 17.2 Å². The van der Waals surface area contributed by atoms with Crippen molar-refractivity contribution in [2.24, 2.45) is 4.99 Å². The average molecular weight is 505 g/mol. The second-order valence-electron chi connectivity index (χ2n) is 5.88. The number of aromatic hydroxyl groups is 1. The molecule has 0 saturated heterocycles. The van der Waals surface area contributed by atoms with Crippen LogP contribution in [-0.4, -0.2) is 38.4 Å². The number of nitrogens with one attached hydrogen (secondary N) is 2. The molecule has 1 atom stereocenters. The molecule has 2 aromatic rings. The molecule has 0 saturated carbocycles. The third-order valence-corrected chi connectivity index (χ3v) is 4.69. The zero-order chi connectivity index (χ0) is 18.9. The van der Waals surface area contributed by atoms with E-state index in [9.17, 15) is 5.11 Å². The molecule has 1 unspecified atom stereocenters. The van der Waals surface area contributed by atoms with Crippen LogP contribution in [0.1, 0.15) is 30.9 Å². The first-order valence-electron chi connectivity index (χ1n) is 8.57. The SMILES string of the molecule is CCNC(=NCc1cc(OC)c(O)c(OC)c1)NCC(C)c1ccsc1.I. The van der Waals surface area contributed by atoms with Gasteiger partial charge in [-0.25, -0.2) is 4.99 Å². The first kappa shape index (κ1) is 23.4. The number of phenols is 1. The summed E-state index contributed by atoms with van der Waals surface area (Å²) in [6.45, 7) is 6.24. The molecule has 1 heterocycles. The highest BCUT2D eigenvalue weighted by molar-refractivity contribution is 14.0. The highest BCUT2D eigenvalue weighted by atomic mass is 127. The molecule has 0 aliphatic heterocycles. The van der Waals surface area contributed by atoms with Crippen LogP contribution < -0.4 is 20.1 Å². The molecule has 0 radical (unpaired) electrons. The van der Waals surface area contributed by atoms with Crippen LogP contribution in [0.2, 0.25) is 0 Å². The summed E-state index contributed by atoms with van der Waals surface area (Å²) in [5.41, 5.74) is 2.21. The van der Waals surface area contributed by atoms with Crippen LogP contribution in [0.4, 0.5) is 0 Å². The lowest BCUT2D eigenvalue weighted by atomic mass is 10.1. The van der Waals surface area contributed by atoms with Gasteiger partial charge in [0, 0.05) is 13.1 Å². The van der Waals surface area contributed by atoms with Gasteiger partial charge in [0.2, 0.25) is 5.75 Å². The lowest BCUT2D eigenvalue weighted by Gasteiger charge is -2.15. The van der Waals surface area contributed by atoms with E-state index in [4.69, 9.17) is 9.47 Å². The monoisotopic (exact) mass is 505 g/mol. The van der Waals surface area contributed by atoms with Crippen molar-refractivity contribution in [3.05, 3.63) is 40.1 Å². The zero-order valence-electron chi connectivity index (χ0n) is 16.1. The Kier molecular flexibility index (Phi) is 10.3. The Bertz CT molecular complexity index is 698. The Hall–Kier alpha value is -1.68. The molecule has 0 spiro atoms. The van der Waals surface area contributed by atoms with Gasteiger partial charge in [0.25, 0.3) is 0 Å². The van der Waals surface area contributed by atoms with Gasteiger partial charge in [-0.1, -0.05) is 6.92 Å². The van der Waals surface area contributed by atoms with E-state index in [0.29, 0.717) is 24.0 Å². The van der Waals surface area contributed by atoms with Crippen LogP contribution >= 0.6 is 35.3 Å². The van der Waals surface area contributed by atoms with Crippen LogP contribution in [-0.2, 0) is 6.54 Å². The summed E-state index contributed by atoms with van der Waals surface area (Å²) in [6, 6.07) is 5.67. The number of nitrogens with zero attached hydrogens (tertiary/aromatic N) is 1. The smallest absolute Gasteiger partial charge is 0.200 e. The fourth-order valence-corrected chi connectivity index (χ4v) is 3.26. The van der Waals surface area contributed by atoms with Gasteiger partial charge in [0.05, 0.1) is 20.8 Å². The van der Waals surface area contributed by atoms with E-state index in [1.165, 1.54) is 19.8 Å². The minimum absolute atomic E-state index is 0. The summed E-state index contributed by atoms with van der Waals surface area (Å²) in [5, 5.41) is 20.9. The summed E-state index contributed by atoms with van der Waals surface area (Å²) in [7, 11) is 3.03. The molecule has 1 aromatic heterocycles. The van der Waals surface area contributed by atoms with Crippen LogP contribution in [0, 0.1) is 0 Å². The lowest BCUT2D eigenvalue weighted by molar-refractivity contribution is 0.339. The minimum atomic E-state index is -0.00245. The molecule has 0 aliphatic rings. The summed E-state index contributed by atoms with van der Waals surface area (Å²) in [4.78, 5) is 4.62. The number of hydrogen-bond donors (Lipinski definition) is 3. The third-order valence-electron chi connectivity index (χ3n) is 3.99. The van der Waals surface area contributed by atoms with E-state index in [2.05, 4.69) is 39.4 Å². The normalized spacial score (nSPS) is 12.1. The number of aliphatic imine (C=N–C) groups is 1. The van der Waals surface area contributed by atoms with Gasteiger partial charge in [0.1, 0.15) is 0 Å². The van der Waals surface area contributed by atoms with Crippen molar-refractivity contribution in [3.63, 3.8) is 0 Å². The molecule has 0 aliphatic carbocycles. The quantitative estimate of drug-likeness (QED) is 0.288. The van der Waals surface area contributed by atoms with Crippen LogP contribution in [0.15, 0.2) is 34.0 Å². The lowest BCUT2D eigenvalue weighted by Crippen LogP contribution is -2.39. The molecule has 8 heteroatoms. The van der Waals surface area contributed by atoms with Gasteiger partial charge in [-0.2, -0.15) is 11.3 Å². The summed E-state index contributed by atoms with van der Waals surface area (Å²) >= 11 is 1.71. The Labute approximate surface area is 182 Å². The average Bonchev–Trinajstić information content (AvgIpc) is 3.19. The first-order valence-corrected chi connectivity index (χ1v) is 9.51. The summed E-state index contributed by atoms with van der Waals surface area (Å²) < 4.78 is 10.4. The van der Waals surface area contributed by atoms with Gasteiger partial charge in [-0.3, -0.25) is 0 Å². The van der Waals surface area contributed by atoms with E-state index >= 15 is 0 Å². The molecule has 0 fully saturated rings. The van der Waals surface area contributed by atoms with E-state index < -0.39 is 0 Å². The van der Waals surface area contributed by atoms with Crippen molar-refractivity contribution in [1.29, 1.82) is 0 Å². The maximum atomic E-state index is 10.0. The largest absolute Gasteiger partial charge is 0.502 e. The number of thiophene rings is 1. The topological polar surface area (TPSA) is 75.1 Å². The van der Waals surface area contributed by atoms with Gasteiger partial charge in [-0.15, -0.1) is 24.0 Å². The molecular weight excluding hydrogens is 477 g/mol. The standard InChI is InChI=1S/C19H27N3O3S.HI/c1-5-20-19(21-10-13(2)15-6-7-26-12-15)22-11-14-8-16(24-3)18(23)17(9-14)25-4;/h6-9,12-13,23H,5,10-11H2,1-4H3,(H2,20,21,22);1H. The van der Waals surface area contributed by atoms with Gasteiger partial charge < -0.3 is 25.2 Å².